The van der Waals surface area contributed by atoms with Gasteiger partial charge in [0.25, 0.3) is 0 Å². The van der Waals surface area contributed by atoms with E-state index in [4.69, 9.17) is 5.26 Å². The number of nitriles is 1. The number of benzene rings is 1. The van der Waals surface area contributed by atoms with Gasteiger partial charge in [-0.25, -0.2) is 8.78 Å². The molecule has 0 radical (unpaired) electrons. The Morgan fingerprint density at radius 2 is 1.95 bits per heavy atom. The van der Waals surface area contributed by atoms with Gasteiger partial charge in [-0.15, -0.1) is 0 Å². The van der Waals surface area contributed by atoms with Gasteiger partial charge in [-0.2, -0.15) is 5.26 Å². The second-order valence-corrected chi connectivity index (χ2v) is 5.78. The summed E-state index contributed by atoms with van der Waals surface area (Å²) in [6.07, 6.45) is 2.65. The molecule has 1 aliphatic heterocycles. The fraction of sp³-hybridized carbons (Fsp3) is 0.533. The minimum Gasteiger partial charge on any atom is -0.387 e. The number of hydrogen-bond donors (Lipinski definition) is 1. The zero-order chi connectivity index (χ0) is 14.5. The first kappa shape index (κ1) is 13.3. The van der Waals surface area contributed by atoms with E-state index in [1.54, 1.807) is 0 Å². The van der Waals surface area contributed by atoms with E-state index in [0.717, 1.165) is 12.8 Å². The van der Waals surface area contributed by atoms with Crippen molar-refractivity contribution in [2.45, 2.75) is 37.8 Å². The van der Waals surface area contributed by atoms with Gasteiger partial charge in [0.1, 0.15) is 23.3 Å². The second kappa shape index (κ2) is 4.42. The number of nitrogens with zero attached hydrogens (tertiary/aromatic N) is 2. The van der Waals surface area contributed by atoms with Crippen LogP contribution in [0.15, 0.2) is 12.1 Å². The molecule has 1 aromatic rings. The molecule has 2 aliphatic rings. The largest absolute Gasteiger partial charge is 0.387 e. The van der Waals surface area contributed by atoms with Crippen molar-refractivity contribution in [3.8, 4) is 6.07 Å². The van der Waals surface area contributed by atoms with Crippen molar-refractivity contribution in [1.29, 1.82) is 5.26 Å². The third-order valence-electron chi connectivity index (χ3n) is 4.70. The summed E-state index contributed by atoms with van der Waals surface area (Å²) in [6.45, 7) is 2.46. The highest BCUT2D eigenvalue weighted by Gasteiger charge is 2.52. The fourth-order valence-electron chi connectivity index (χ4n) is 3.29. The fourth-order valence-corrected chi connectivity index (χ4v) is 3.29. The van der Waals surface area contributed by atoms with Gasteiger partial charge in [0.2, 0.25) is 0 Å². The summed E-state index contributed by atoms with van der Waals surface area (Å²) in [5.41, 5.74) is -0.929. The van der Waals surface area contributed by atoms with Crippen molar-refractivity contribution in [2.75, 3.05) is 11.4 Å². The van der Waals surface area contributed by atoms with Crippen LogP contribution in [0, 0.1) is 28.9 Å². The average Bonchev–Trinajstić information content (AvgIpc) is 3.19. The van der Waals surface area contributed by atoms with E-state index in [-0.39, 0.29) is 6.04 Å². The molecule has 3 rings (SSSR count). The van der Waals surface area contributed by atoms with Crippen LogP contribution in [0.1, 0.15) is 31.7 Å². The van der Waals surface area contributed by atoms with Crippen LogP contribution in [0.3, 0.4) is 0 Å². The Labute approximate surface area is 116 Å². The van der Waals surface area contributed by atoms with E-state index in [9.17, 15) is 13.9 Å². The summed E-state index contributed by atoms with van der Waals surface area (Å²) in [4.78, 5) is 1.83. The average molecular weight is 278 g/mol. The smallest absolute Gasteiger partial charge is 0.146 e. The maximum atomic E-state index is 13.7. The number of aliphatic hydroxyl groups is 1. The third-order valence-corrected chi connectivity index (χ3v) is 4.70. The molecule has 0 bridgehead atoms. The Bertz CT molecular complexity index is 571. The van der Waals surface area contributed by atoms with Gasteiger partial charge in [-0.05, 0) is 44.2 Å². The lowest BCUT2D eigenvalue weighted by Crippen LogP contribution is -2.44. The number of halogens is 2. The van der Waals surface area contributed by atoms with Crippen molar-refractivity contribution < 1.29 is 13.9 Å². The maximum absolute atomic E-state index is 13.7. The standard InChI is InChI=1S/C15H16F2N2O/c1-9-15(20,10-2-3-10)4-5-19(9)11-6-13(16)12(8-18)14(17)7-11/h6-7,9-10,20H,2-5H2,1H3. The summed E-state index contributed by atoms with van der Waals surface area (Å²) in [5, 5.41) is 19.4. The predicted octanol–water partition coefficient (Wildman–Crippen LogP) is 2.58. The van der Waals surface area contributed by atoms with Crippen molar-refractivity contribution in [2.24, 2.45) is 5.92 Å². The Morgan fingerprint density at radius 3 is 2.45 bits per heavy atom. The lowest BCUT2D eigenvalue weighted by atomic mass is 9.90. The lowest BCUT2D eigenvalue weighted by Gasteiger charge is -2.32. The lowest BCUT2D eigenvalue weighted by molar-refractivity contribution is 0.0142. The minimum atomic E-state index is -0.850. The first-order chi connectivity index (χ1) is 9.47. The molecule has 0 aromatic heterocycles. The van der Waals surface area contributed by atoms with E-state index in [0.29, 0.717) is 24.6 Å². The van der Waals surface area contributed by atoms with Gasteiger partial charge in [-0.1, -0.05) is 0 Å². The Balaban J connectivity index is 1.93. The summed E-state index contributed by atoms with van der Waals surface area (Å²) >= 11 is 0. The normalized spacial score (nSPS) is 29.6. The monoisotopic (exact) mass is 278 g/mol. The van der Waals surface area contributed by atoms with Gasteiger partial charge in [-0.3, -0.25) is 0 Å². The molecule has 20 heavy (non-hydrogen) atoms. The minimum absolute atomic E-state index is 0.179. The highest BCUT2D eigenvalue weighted by Crippen LogP contribution is 2.48. The van der Waals surface area contributed by atoms with E-state index in [2.05, 4.69) is 0 Å². The van der Waals surface area contributed by atoms with Crippen molar-refractivity contribution in [3.05, 3.63) is 29.3 Å². The molecule has 2 atom stereocenters. The van der Waals surface area contributed by atoms with E-state index < -0.39 is 22.8 Å². The molecule has 2 unspecified atom stereocenters. The summed E-state index contributed by atoms with van der Waals surface area (Å²) in [5.74, 6) is -1.40. The highest BCUT2D eigenvalue weighted by atomic mass is 19.1. The summed E-state index contributed by atoms with van der Waals surface area (Å²) in [7, 11) is 0. The van der Waals surface area contributed by atoms with Gasteiger partial charge in [0.05, 0.1) is 11.6 Å². The SMILES string of the molecule is CC1N(c2cc(F)c(C#N)c(F)c2)CCC1(O)C1CC1. The zero-order valence-electron chi connectivity index (χ0n) is 11.2. The van der Waals surface area contributed by atoms with Gasteiger partial charge in [0, 0.05) is 12.2 Å². The van der Waals surface area contributed by atoms with Crippen molar-refractivity contribution >= 4 is 5.69 Å². The van der Waals surface area contributed by atoms with E-state index in [1.807, 2.05) is 11.8 Å². The van der Waals surface area contributed by atoms with Crippen LogP contribution < -0.4 is 4.90 Å². The van der Waals surface area contributed by atoms with Gasteiger partial charge in [0.15, 0.2) is 0 Å². The molecule has 1 saturated heterocycles. The number of hydrogen-bond acceptors (Lipinski definition) is 3. The van der Waals surface area contributed by atoms with Crippen LogP contribution in [0.5, 0.6) is 0 Å². The summed E-state index contributed by atoms with van der Waals surface area (Å²) in [6, 6.07) is 3.69. The summed E-state index contributed by atoms with van der Waals surface area (Å²) < 4.78 is 27.4. The molecule has 3 nitrogen and oxygen atoms in total. The van der Waals surface area contributed by atoms with Crippen LogP contribution in [-0.4, -0.2) is 23.3 Å². The third kappa shape index (κ3) is 1.87. The van der Waals surface area contributed by atoms with Crippen molar-refractivity contribution in [1.82, 2.24) is 0 Å². The Hall–Kier alpha value is -1.67. The Kier molecular flexibility index (Phi) is 2.94. The molecule has 1 N–H and O–H groups in total. The molecule has 0 amide bonds. The Morgan fingerprint density at radius 1 is 1.35 bits per heavy atom. The molecule has 1 heterocycles. The topological polar surface area (TPSA) is 47.3 Å². The second-order valence-electron chi connectivity index (χ2n) is 5.78. The molecule has 1 aromatic carbocycles. The molecular formula is C15H16F2N2O. The number of rotatable bonds is 2. The van der Waals surface area contributed by atoms with Crippen LogP contribution in [-0.2, 0) is 0 Å². The molecule has 5 heteroatoms. The molecule has 1 saturated carbocycles. The molecule has 106 valence electrons. The van der Waals surface area contributed by atoms with Crippen molar-refractivity contribution in [3.63, 3.8) is 0 Å². The van der Waals surface area contributed by atoms with Gasteiger partial charge < -0.3 is 10.0 Å². The predicted molar refractivity (Wildman–Crippen MR) is 70.2 cm³/mol. The maximum Gasteiger partial charge on any atom is 0.146 e. The highest BCUT2D eigenvalue weighted by molar-refractivity contribution is 5.53. The molecule has 2 fully saturated rings. The van der Waals surface area contributed by atoms with E-state index >= 15 is 0 Å². The quantitative estimate of drug-likeness (QED) is 0.904. The van der Waals surface area contributed by atoms with Crippen LogP contribution in [0.2, 0.25) is 0 Å². The molecule has 0 spiro atoms. The van der Waals surface area contributed by atoms with Crippen LogP contribution in [0.4, 0.5) is 14.5 Å². The zero-order valence-corrected chi connectivity index (χ0v) is 11.2. The number of anilines is 1. The molecular weight excluding hydrogens is 262 g/mol. The van der Waals surface area contributed by atoms with Gasteiger partial charge >= 0.3 is 0 Å². The first-order valence-electron chi connectivity index (χ1n) is 6.85. The van der Waals surface area contributed by atoms with Crippen LogP contribution in [0.25, 0.3) is 0 Å². The first-order valence-corrected chi connectivity index (χ1v) is 6.85. The molecule has 1 aliphatic carbocycles. The van der Waals surface area contributed by atoms with E-state index in [1.165, 1.54) is 18.2 Å². The van der Waals surface area contributed by atoms with Crippen LogP contribution >= 0.6 is 0 Å².